The van der Waals surface area contributed by atoms with Gasteiger partial charge >= 0.3 is 6.03 Å². The molecule has 8 nitrogen and oxygen atoms in total. The third kappa shape index (κ3) is 3.29. The summed E-state index contributed by atoms with van der Waals surface area (Å²) in [6, 6.07) is 2.77. The number of anilines is 1. The van der Waals surface area contributed by atoms with Crippen LogP contribution in [0, 0.1) is 0 Å². The molecule has 0 aromatic carbocycles. The lowest BCUT2D eigenvalue weighted by atomic mass is 9.85. The molecule has 25 heavy (non-hydrogen) atoms. The highest BCUT2D eigenvalue weighted by Crippen LogP contribution is 2.35. The van der Waals surface area contributed by atoms with Crippen LogP contribution in [0.4, 0.5) is 10.5 Å². The maximum Gasteiger partial charge on any atom is 0.319 e. The highest BCUT2D eigenvalue weighted by Gasteiger charge is 2.25. The van der Waals surface area contributed by atoms with Crippen molar-refractivity contribution in [1.29, 1.82) is 0 Å². The van der Waals surface area contributed by atoms with Gasteiger partial charge in [-0.1, -0.05) is 6.42 Å². The first-order valence-corrected chi connectivity index (χ1v) is 8.90. The number of nitrogens with zero attached hydrogens (tertiary/aromatic N) is 3. The summed E-state index contributed by atoms with van der Waals surface area (Å²) in [5, 5.41) is 16.8. The van der Waals surface area contributed by atoms with E-state index < -0.39 is 6.04 Å². The Kier molecular flexibility index (Phi) is 4.25. The number of rotatable bonds is 3. The van der Waals surface area contributed by atoms with E-state index in [-0.39, 0.29) is 11.9 Å². The summed E-state index contributed by atoms with van der Waals surface area (Å²) in [5.41, 5.74) is 1.43. The molecule has 0 radical (unpaired) electrons. The Balaban J connectivity index is 1.46. The van der Waals surface area contributed by atoms with Crippen LogP contribution in [0.3, 0.4) is 0 Å². The summed E-state index contributed by atoms with van der Waals surface area (Å²) in [6.07, 6.45) is 7.86. The second kappa shape index (κ2) is 6.70. The van der Waals surface area contributed by atoms with Crippen LogP contribution in [0.1, 0.15) is 50.3 Å². The van der Waals surface area contributed by atoms with E-state index in [0.717, 1.165) is 37.2 Å². The number of hydrogen-bond acceptors (Lipinski definition) is 4. The Morgan fingerprint density at radius 3 is 2.84 bits per heavy atom. The molecule has 1 saturated carbocycles. The summed E-state index contributed by atoms with van der Waals surface area (Å²) in [6.45, 7) is 0.673. The Morgan fingerprint density at radius 2 is 2.04 bits per heavy atom. The van der Waals surface area contributed by atoms with E-state index in [9.17, 15) is 9.59 Å². The van der Waals surface area contributed by atoms with Crippen LogP contribution >= 0.6 is 0 Å². The van der Waals surface area contributed by atoms with E-state index in [0.29, 0.717) is 24.6 Å². The standard InChI is InChI=1S/C17H22N6O2/c24-16-13(6-1-2-9-18-16)20-17(25)19-12-7-8-14-21-22-15(23(14)10-12)11-4-3-5-11/h7-8,10-11,13H,1-6,9H2,(H,18,24)(H2,19,20,25)/t13-/m0/s1. The number of amides is 3. The fourth-order valence-corrected chi connectivity index (χ4v) is 3.33. The largest absolute Gasteiger partial charge is 0.354 e. The molecule has 3 heterocycles. The fourth-order valence-electron chi connectivity index (χ4n) is 3.33. The highest BCUT2D eigenvalue weighted by atomic mass is 16.2. The van der Waals surface area contributed by atoms with Crippen molar-refractivity contribution < 1.29 is 9.59 Å². The van der Waals surface area contributed by atoms with Crippen LogP contribution in [-0.4, -0.2) is 39.1 Å². The minimum atomic E-state index is -0.480. The average Bonchev–Trinajstić information content (AvgIpc) is 2.83. The summed E-state index contributed by atoms with van der Waals surface area (Å²) in [5.74, 6) is 1.29. The molecular formula is C17H22N6O2. The average molecular weight is 342 g/mol. The van der Waals surface area contributed by atoms with Gasteiger partial charge in [0.2, 0.25) is 5.91 Å². The Labute approximate surface area is 145 Å². The predicted molar refractivity (Wildman–Crippen MR) is 92.4 cm³/mol. The van der Waals surface area contributed by atoms with Crippen molar-refractivity contribution in [3.8, 4) is 0 Å². The molecule has 0 spiro atoms. The second-order valence-electron chi connectivity index (χ2n) is 6.77. The zero-order valence-electron chi connectivity index (χ0n) is 14.0. The number of aromatic nitrogens is 3. The number of hydrogen-bond donors (Lipinski definition) is 3. The molecule has 1 aliphatic heterocycles. The van der Waals surface area contributed by atoms with Crippen LogP contribution in [0.15, 0.2) is 18.3 Å². The lowest BCUT2D eigenvalue weighted by Crippen LogP contribution is -2.47. The van der Waals surface area contributed by atoms with Crippen molar-refractivity contribution in [3.05, 3.63) is 24.2 Å². The number of nitrogens with one attached hydrogen (secondary N) is 3. The first-order chi connectivity index (χ1) is 12.2. The van der Waals surface area contributed by atoms with Crippen LogP contribution in [0.25, 0.3) is 5.65 Å². The second-order valence-corrected chi connectivity index (χ2v) is 6.77. The Hall–Kier alpha value is -2.64. The lowest BCUT2D eigenvalue weighted by molar-refractivity contribution is -0.122. The Morgan fingerprint density at radius 1 is 1.16 bits per heavy atom. The molecule has 1 saturated heterocycles. The molecule has 3 N–H and O–H groups in total. The fraction of sp³-hybridized carbons (Fsp3) is 0.529. The monoisotopic (exact) mass is 342 g/mol. The minimum absolute atomic E-state index is 0.116. The van der Waals surface area contributed by atoms with Crippen molar-refractivity contribution in [2.24, 2.45) is 0 Å². The number of carbonyl (C=O) groups excluding carboxylic acids is 2. The lowest BCUT2D eigenvalue weighted by Gasteiger charge is -2.23. The SMILES string of the molecule is O=C(Nc1ccc2nnc(C3CCC3)n2c1)N[C@H]1CCCCNC1=O. The van der Waals surface area contributed by atoms with Crippen molar-refractivity contribution >= 4 is 23.3 Å². The van der Waals surface area contributed by atoms with E-state index >= 15 is 0 Å². The molecule has 2 fully saturated rings. The van der Waals surface area contributed by atoms with Crippen molar-refractivity contribution in [3.63, 3.8) is 0 Å². The third-order valence-corrected chi connectivity index (χ3v) is 5.00. The summed E-state index contributed by atoms with van der Waals surface area (Å²) < 4.78 is 1.94. The quantitative estimate of drug-likeness (QED) is 0.791. The van der Waals surface area contributed by atoms with E-state index in [1.165, 1.54) is 6.42 Å². The zero-order valence-corrected chi connectivity index (χ0v) is 14.0. The smallest absolute Gasteiger partial charge is 0.319 e. The van der Waals surface area contributed by atoms with Gasteiger partial charge in [-0.15, -0.1) is 10.2 Å². The van der Waals surface area contributed by atoms with Gasteiger partial charge in [-0.3, -0.25) is 9.20 Å². The molecule has 0 unspecified atom stereocenters. The third-order valence-electron chi connectivity index (χ3n) is 5.00. The predicted octanol–water partition coefficient (Wildman–Crippen LogP) is 1.79. The molecule has 2 aromatic rings. The van der Waals surface area contributed by atoms with Gasteiger partial charge in [0.05, 0.1) is 5.69 Å². The van der Waals surface area contributed by atoms with Crippen molar-refractivity contribution in [2.45, 2.75) is 50.5 Å². The molecule has 2 aromatic heterocycles. The number of pyridine rings is 1. The van der Waals surface area contributed by atoms with E-state index in [1.807, 2.05) is 16.7 Å². The molecule has 1 aliphatic carbocycles. The van der Waals surface area contributed by atoms with Crippen LogP contribution in [0.5, 0.6) is 0 Å². The molecule has 2 aliphatic rings. The maximum atomic E-state index is 12.3. The van der Waals surface area contributed by atoms with Crippen LogP contribution in [-0.2, 0) is 4.79 Å². The van der Waals surface area contributed by atoms with E-state index in [1.54, 1.807) is 6.07 Å². The van der Waals surface area contributed by atoms with E-state index in [2.05, 4.69) is 26.1 Å². The number of urea groups is 1. The van der Waals surface area contributed by atoms with Crippen LogP contribution in [0.2, 0.25) is 0 Å². The molecule has 1 atom stereocenters. The molecule has 3 amide bonds. The van der Waals surface area contributed by atoms with Gasteiger partial charge in [0, 0.05) is 18.7 Å². The van der Waals surface area contributed by atoms with E-state index in [4.69, 9.17) is 0 Å². The number of fused-ring (bicyclic) bond motifs is 1. The molecular weight excluding hydrogens is 320 g/mol. The van der Waals surface area contributed by atoms with Crippen molar-refractivity contribution in [1.82, 2.24) is 25.2 Å². The molecule has 132 valence electrons. The Bertz CT molecular complexity index is 798. The first kappa shape index (κ1) is 15.9. The maximum absolute atomic E-state index is 12.3. The highest BCUT2D eigenvalue weighted by molar-refractivity contribution is 5.93. The van der Waals surface area contributed by atoms with Gasteiger partial charge in [0.25, 0.3) is 0 Å². The van der Waals surface area contributed by atoms with Gasteiger partial charge in [0.1, 0.15) is 11.9 Å². The molecule has 4 rings (SSSR count). The first-order valence-electron chi connectivity index (χ1n) is 8.90. The summed E-state index contributed by atoms with van der Waals surface area (Å²) >= 11 is 0. The number of carbonyl (C=O) groups is 2. The van der Waals surface area contributed by atoms with Gasteiger partial charge in [-0.25, -0.2) is 4.79 Å². The zero-order chi connectivity index (χ0) is 17.2. The normalized spacial score (nSPS) is 21.3. The van der Waals surface area contributed by atoms with Gasteiger partial charge in [-0.05, 0) is 44.2 Å². The van der Waals surface area contributed by atoms with Crippen LogP contribution < -0.4 is 16.0 Å². The summed E-state index contributed by atoms with van der Waals surface area (Å²) in [7, 11) is 0. The molecule has 0 bridgehead atoms. The minimum Gasteiger partial charge on any atom is -0.354 e. The topological polar surface area (TPSA) is 100 Å². The molecule has 8 heteroatoms. The summed E-state index contributed by atoms with van der Waals surface area (Å²) in [4.78, 5) is 24.2. The van der Waals surface area contributed by atoms with Gasteiger partial charge in [0.15, 0.2) is 5.65 Å². The van der Waals surface area contributed by atoms with Gasteiger partial charge < -0.3 is 16.0 Å². The van der Waals surface area contributed by atoms with Gasteiger partial charge in [-0.2, -0.15) is 0 Å². The van der Waals surface area contributed by atoms with Crippen molar-refractivity contribution in [2.75, 3.05) is 11.9 Å².